The van der Waals surface area contributed by atoms with Gasteiger partial charge in [0.2, 0.25) is 0 Å². The van der Waals surface area contributed by atoms with Gasteiger partial charge in [-0.05, 0) is 62.6 Å². The van der Waals surface area contributed by atoms with Crippen molar-refractivity contribution in [2.45, 2.75) is 63.5 Å². The Bertz CT molecular complexity index is 253. The molecule has 0 amide bonds. The van der Waals surface area contributed by atoms with Crippen LogP contribution < -0.4 is 10.6 Å². The summed E-state index contributed by atoms with van der Waals surface area (Å²) >= 11 is 5.44. The van der Waals surface area contributed by atoms with Crippen molar-refractivity contribution in [2.75, 3.05) is 0 Å². The Morgan fingerprint density at radius 1 is 0.938 bits per heavy atom. The molecule has 2 N–H and O–H groups in total. The fourth-order valence-corrected chi connectivity index (χ4v) is 3.28. The highest BCUT2D eigenvalue weighted by molar-refractivity contribution is 7.80. The van der Waals surface area contributed by atoms with Crippen LogP contribution in [0.25, 0.3) is 0 Å². The number of nitrogens with one attached hydrogen (secondary N) is 2. The maximum Gasteiger partial charge on any atom is 0.166 e. The molecule has 2 nitrogen and oxygen atoms in total. The molecule has 3 rings (SSSR count). The molecule has 0 atom stereocenters. The molecule has 0 aliphatic heterocycles. The molecule has 0 aromatic heterocycles. The van der Waals surface area contributed by atoms with E-state index >= 15 is 0 Å². The smallest absolute Gasteiger partial charge is 0.166 e. The third kappa shape index (κ3) is 2.68. The minimum Gasteiger partial charge on any atom is -0.360 e. The van der Waals surface area contributed by atoms with Crippen molar-refractivity contribution in [2.24, 2.45) is 11.8 Å². The lowest BCUT2D eigenvalue weighted by Crippen LogP contribution is -2.47. The second-order valence-corrected chi connectivity index (χ2v) is 6.21. The Labute approximate surface area is 104 Å². The van der Waals surface area contributed by atoms with E-state index in [0.29, 0.717) is 12.1 Å². The van der Waals surface area contributed by atoms with E-state index in [1.807, 2.05) is 0 Å². The molecule has 3 aliphatic rings. The van der Waals surface area contributed by atoms with Crippen LogP contribution in [-0.2, 0) is 0 Å². The van der Waals surface area contributed by atoms with Gasteiger partial charge in [-0.3, -0.25) is 0 Å². The van der Waals surface area contributed by atoms with Gasteiger partial charge in [0.05, 0.1) is 0 Å². The lowest BCUT2D eigenvalue weighted by Gasteiger charge is -2.22. The van der Waals surface area contributed by atoms with Gasteiger partial charge < -0.3 is 10.6 Å². The standard InChI is InChI=1S/C13H22N2S/c16-13(14-11-3-1-2-4-11)15-12(9-5-6-9)10-7-8-10/h9-12H,1-8H2,(H2,14,15,16). The fourth-order valence-electron chi connectivity index (χ4n) is 2.98. The maximum atomic E-state index is 5.44. The Hall–Kier alpha value is -0.310. The van der Waals surface area contributed by atoms with Gasteiger partial charge in [0.15, 0.2) is 5.11 Å². The predicted molar refractivity (Wildman–Crippen MR) is 70.4 cm³/mol. The van der Waals surface area contributed by atoms with Crippen molar-refractivity contribution in [3.63, 3.8) is 0 Å². The van der Waals surface area contributed by atoms with E-state index in [0.717, 1.165) is 16.9 Å². The number of thiocarbonyl (C=S) groups is 1. The molecule has 3 heteroatoms. The normalized spacial score (nSPS) is 26.1. The van der Waals surface area contributed by atoms with Gasteiger partial charge in [-0.15, -0.1) is 0 Å². The zero-order valence-corrected chi connectivity index (χ0v) is 10.7. The Morgan fingerprint density at radius 3 is 2.00 bits per heavy atom. The van der Waals surface area contributed by atoms with Crippen molar-refractivity contribution in [1.82, 2.24) is 10.6 Å². The van der Waals surface area contributed by atoms with E-state index in [4.69, 9.17) is 12.2 Å². The first kappa shape index (κ1) is 10.8. The van der Waals surface area contributed by atoms with E-state index in [9.17, 15) is 0 Å². The summed E-state index contributed by atoms with van der Waals surface area (Å²) < 4.78 is 0. The fraction of sp³-hybridized carbons (Fsp3) is 0.923. The molecule has 0 radical (unpaired) electrons. The molecule has 16 heavy (non-hydrogen) atoms. The van der Waals surface area contributed by atoms with Gasteiger partial charge in [0.25, 0.3) is 0 Å². The van der Waals surface area contributed by atoms with Crippen LogP contribution >= 0.6 is 12.2 Å². The van der Waals surface area contributed by atoms with E-state index in [1.165, 1.54) is 51.4 Å². The number of hydrogen-bond acceptors (Lipinski definition) is 1. The summed E-state index contributed by atoms with van der Waals surface area (Å²) in [5, 5.41) is 8.01. The van der Waals surface area contributed by atoms with Crippen LogP contribution in [0, 0.1) is 11.8 Å². The van der Waals surface area contributed by atoms with E-state index in [2.05, 4.69) is 10.6 Å². The zero-order chi connectivity index (χ0) is 11.0. The van der Waals surface area contributed by atoms with Crippen LogP contribution in [0.15, 0.2) is 0 Å². The van der Waals surface area contributed by atoms with Gasteiger partial charge in [-0.1, -0.05) is 12.8 Å². The average Bonchev–Trinajstić information content (AvgIpc) is 3.17. The first-order valence-corrected chi connectivity index (χ1v) is 7.31. The molecule has 0 saturated heterocycles. The van der Waals surface area contributed by atoms with Crippen LogP contribution in [-0.4, -0.2) is 17.2 Å². The Kier molecular flexibility index (Phi) is 3.05. The highest BCUT2D eigenvalue weighted by Gasteiger charge is 2.41. The van der Waals surface area contributed by atoms with Crippen molar-refractivity contribution in [3.05, 3.63) is 0 Å². The summed E-state index contributed by atoms with van der Waals surface area (Å²) in [4.78, 5) is 0. The van der Waals surface area contributed by atoms with Crippen molar-refractivity contribution in [3.8, 4) is 0 Å². The average molecular weight is 238 g/mol. The van der Waals surface area contributed by atoms with Crippen LogP contribution in [0.4, 0.5) is 0 Å². The van der Waals surface area contributed by atoms with Crippen LogP contribution in [0.1, 0.15) is 51.4 Å². The molecule has 0 heterocycles. The van der Waals surface area contributed by atoms with Crippen LogP contribution in [0.3, 0.4) is 0 Å². The Balaban J connectivity index is 1.46. The SMILES string of the molecule is S=C(NC1CCCC1)NC(C1CC1)C1CC1. The first-order chi connectivity index (χ1) is 7.83. The predicted octanol–water partition coefficient (Wildman–Crippen LogP) is 2.58. The van der Waals surface area contributed by atoms with Gasteiger partial charge >= 0.3 is 0 Å². The molecule has 3 saturated carbocycles. The lowest BCUT2D eigenvalue weighted by atomic mass is 10.1. The lowest BCUT2D eigenvalue weighted by molar-refractivity contribution is 0.473. The molecule has 0 aromatic carbocycles. The minimum absolute atomic E-state index is 0.652. The summed E-state index contributed by atoms with van der Waals surface area (Å²) in [6.45, 7) is 0. The third-order valence-electron chi connectivity index (χ3n) is 4.25. The van der Waals surface area contributed by atoms with Gasteiger partial charge in [0, 0.05) is 12.1 Å². The van der Waals surface area contributed by atoms with Crippen molar-refractivity contribution < 1.29 is 0 Å². The van der Waals surface area contributed by atoms with E-state index < -0.39 is 0 Å². The molecule has 3 aliphatic carbocycles. The van der Waals surface area contributed by atoms with Gasteiger partial charge in [0.1, 0.15) is 0 Å². The zero-order valence-electron chi connectivity index (χ0n) is 9.87. The highest BCUT2D eigenvalue weighted by atomic mass is 32.1. The second kappa shape index (κ2) is 4.52. The minimum atomic E-state index is 0.652. The molecular formula is C13H22N2S. The molecule has 0 unspecified atom stereocenters. The maximum absolute atomic E-state index is 5.44. The summed E-state index contributed by atoms with van der Waals surface area (Å²) in [6.07, 6.45) is 11.0. The second-order valence-electron chi connectivity index (χ2n) is 5.80. The third-order valence-corrected chi connectivity index (χ3v) is 4.48. The summed E-state index contributed by atoms with van der Waals surface area (Å²) in [5.74, 6) is 1.85. The van der Waals surface area contributed by atoms with E-state index in [1.54, 1.807) is 0 Å². The molecular weight excluding hydrogens is 216 g/mol. The summed E-state index contributed by atoms with van der Waals surface area (Å²) in [5.41, 5.74) is 0. The Morgan fingerprint density at radius 2 is 1.50 bits per heavy atom. The van der Waals surface area contributed by atoms with Gasteiger partial charge in [-0.25, -0.2) is 0 Å². The van der Waals surface area contributed by atoms with E-state index in [-0.39, 0.29) is 0 Å². The molecule has 0 aromatic rings. The number of rotatable bonds is 4. The number of hydrogen-bond donors (Lipinski definition) is 2. The largest absolute Gasteiger partial charge is 0.360 e. The summed E-state index contributed by atoms with van der Waals surface area (Å²) in [6, 6.07) is 1.35. The molecule has 3 fully saturated rings. The molecule has 0 spiro atoms. The highest BCUT2D eigenvalue weighted by Crippen LogP contribution is 2.44. The van der Waals surface area contributed by atoms with Gasteiger partial charge in [-0.2, -0.15) is 0 Å². The first-order valence-electron chi connectivity index (χ1n) is 6.90. The summed E-state index contributed by atoms with van der Waals surface area (Å²) in [7, 11) is 0. The molecule has 90 valence electrons. The van der Waals surface area contributed by atoms with Crippen molar-refractivity contribution in [1.29, 1.82) is 0 Å². The van der Waals surface area contributed by atoms with Crippen LogP contribution in [0.5, 0.6) is 0 Å². The quantitative estimate of drug-likeness (QED) is 0.736. The van der Waals surface area contributed by atoms with Crippen molar-refractivity contribution >= 4 is 17.3 Å². The monoisotopic (exact) mass is 238 g/mol. The molecule has 0 bridgehead atoms. The van der Waals surface area contributed by atoms with Crippen LogP contribution in [0.2, 0.25) is 0 Å². The topological polar surface area (TPSA) is 24.1 Å².